The van der Waals surface area contributed by atoms with Gasteiger partial charge in [0.25, 0.3) is 5.79 Å². The molecule has 146 valence electrons. The number of hydrogen-bond acceptors (Lipinski definition) is 7. The predicted octanol–water partition coefficient (Wildman–Crippen LogP) is 3.28. The van der Waals surface area contributed by atoms with Gasteiger partial charge in [-0.25, -0.2) is 9.59 Å². The molecule has 1 aliphatic rings. The predicted molar refractivity (Wildman–Crippen MR) is 102 cm³/mol. The second-order valence-corrected chi connectivity index (χ2v) is 6.42. The largest absolute Gasteiger partial charge is 0.490 e. The van der Waals surface area contributed by atoms with Crippen molar-refractivity contribution in [3.63, 3.8) is 0 Å². The molecule has 7 heteroatoms. The first-order valence-corrected chi connectivity index (χ1v) is 8.77. The molecular formula is C21H21NO6. The summed E-state index contributed by atoms with van der Waals surface area (Å²) < 4.78 is 21.3. The Morgan fingerprint density at radius 2 is 1.50 bits per heavy atom. The third-order valence-corrected chi connectivity index (χ3v) is 3.70. The minimum absolute atomic E-state index is 0.207. The third-order valence-electron chi connectivity index (χ3n) is 3.70. The van der Waals surface area contributed by atoms with E-state index in [4.69, 9.17) is 18.9 Å². The molecule has 1 fully saturated rings. The van der Waals surface area contributed by atoms with E-state index in [1.807, 2.05) is 30.3 Å². The molecule has 0 amide bonds. The van der Waals surface area contributed by atoms with Crippen molar-refractivity contribution in [2.24, 2.45) is 0 Å². The summed E-state index contributed by atoms with van der Waals surface area (Å²) in [6, 6.07) is 16.6. The number of anilines is 1. The van der Waals surface area contributed by atoms with Gasteiger partial charge in [0.15, 0.2) is 5.57 Å². The normalized spacial score (nSPS) is 15.3. The smallest absolute Gasteiger partial charge is 0.350 e. The fraction of sp³-hybridized carbons (Fsp3) is 0.238. The minimum atomic E-state index is -1.26. The summed E-state index contributed by atoms with van der Waals surface area (Å²) in [5.74, 6) is -1.34. The lowest BCUT2D eigenvalue weighted by Crippen LogP contribution is -2.42. The number of hydrogen-bond donors (Lipinski definition) is 1. The highest BCUT2D eigenvalue weighted by atomic mass is 16.7. The maximum atomic E-state index is 11.9. The van der Waals surface area contributed by atoms with Crippen LogP contribution in [-0.2, 0) is 19.1 Å². The topological polar surface area (TPSA) is 83.1 Å². The van der Waals surface area contributed by atoms with Crippen molar-refractivity contribution in [1.82, 2.24) is 0 Å². The Labute approximate surface area is 162 Å². The van der Waals surface area contributed by atoms with Gasteiger partial charge in [0.1, 0.15) is 24.7 Å². The number of para-hydroxylation sites is 1. The molecule has 0 saturated carbocycles. The minimum Gasteiger partial charge on any atom is -0.490 e. The zero-order chi connectivity index (χ0) is 20.0. The van der Waals surface area contributed by atoms with E-state index in [2.05, 4.69) is 5.32 Å². The summed E-state index contributed by atoms with van der Waals surface area (Å²) in [5.41, 5.74) is 0.432. The highest BCUT2D eigenvalue weighted by Crippen LogP contribution is 2.23. The van der Waals surface area contributed by atoms with Gasteiger partial charge in [-0.1, -0.05) is 24.3 Å². The van der Waals surface area contributed by atoms with Gasteiger partial charge in [-0.15, -0.1) is 0 Å². The van der Waals surface area contributed by atoms with Crippen molar-refractivity contribution in [2.75, 3.05) is 18.5 Å². The molecule has 28 heavy (non-hydrogen) atoms. The average Bonchev–Trinajstić information content (AvgIpc) is 2.65. The SMILES string of the molecule is CC1(C)OC(=O)C(=CNc2cccc(OCCOc3ccccc3)c2)C(=O)O1. The fourth-order valence-corrected chi connectivity index (χ4v) is 2.45. The van der Waals surface area contributed by atoms with E-state index in [0.717, 1.165) is 5.75 Å². The van der Waals surface area contributed by atoms with E-state index in [-0.39, 0.29) is 5.57 Å². The van der Waals surface area contributed by atoms with Crippen LogP contribution in [0.3, 0.4) is 0 Å². The van der Waals surface area contributed by atoms with Crippen LogP contribution in [0.5, 0.6) is 11.5 Å². The number of cyclic esters (lactones) is 2. The van der Waals surface area contributed by atoms with Gasteiger partial charge in [0.05, 0.1) is 0 Å². The van der Waals surface area contributed by atoms with E-state index < -0.39 is 17.7 Å². The highest BCUT2D eigenvalue weighted by Gasteiger charge is 2.38. The molecule has 1 heterocycles. The Kier molecular flexibility index (Phi) is 5.84. The third kappa shape index (κ3) is 5.26. The standard InChI is InChI=1S/C21H21NO6/c1-21(2)27-19(23)18(20(24)28-21)14-22-15-7-6-10-17(13-15)26-12-11-25-16-8-4-3-5-9-16/h3-10,13-14,22H,11-12H2,1-2H3. The Morgan fingerprint density at radius 1 is 0.893 bits per heavy atom. The van der Waals surface area contributed by atoms with Crippen molar-refractivity contribution in [3.8, 4) is 11.5 Å². The molecule has 2 aromatic rings. The van der Waals surface area contributed by atoms with Crippen LogP contribution in [-0.4, -0.2) is 30.9 Å². The van der Waals surface area contributed by atoms with E-state index in [0.29, 0.717) is 24.7 Å². The molecule has 2 aromatic carbocycles. The van der Waals surface area contributed by atoms with Crippen molar-refractivity contribution < 1.29 is 28.5 Å². The molecule has 7 nitrogen and oxygen atoms in total. The zero-order valence-corrected chi connectivity index (χ0v) is 15.6. The summed E-state index contributed by atoms with van der Waals surface area (Å²) in [5, 5.41) is 2.88. The van der Waals surface area contributed by atoms with E-state index in [1.165, 1.54) is 20.0 Å². The van der Waals surface area contributed by atoms with Gasteiger partial charge in [0.2, 0.25) is 0 Å². The Morgan fingerprint density at radius 3 is 2.18 bits per heavy atom. The fourth-order valence-electron chi connectivity index (χ4n) is 2.45. The van der Waals surface area contributed by atoms with Gasteiger partial charge in [-0.3, -0.25) is 0 Å². The number of carbonyl (C=O) groups excluding carboxylic acids is 2. The molecule has 0 aliphatic carbocycles. The molecule has 1 N–H and O–H groups in total. The van der Waals surface area contributed by atoms with E-state index in [1.54, 1.807) is 24.3 Å². The number of ether oxygens (including phenoxy) is 4. The van der Waals surface area contributed by atoms with E-state index in [9.17, 15) is 9.59 Å². The second-order valence-electron chi connectivity index (χ2n) is 6.42. The lowest BCUT2D eigenvalue weighted by molar-refractivity contribution is -0.222. The average molecular weight is 383 g/mol. The van der Waals surface area contributed by atoms with Crippen LogP contribution >= 0.6 is 0 Å². The molecule has 0 radical (unpaired) electrons. The van der Waals surface area contributed by atoms with E-state index >= 15 is 0 Å². The molecule has 0 spiro atoms. The molecule has 0 bridgehead atoms. The lowest BCUT2D eigenvalue weighted by atomic mass is 10.2. The van der Waals surface area contributed by atoms with Crippen LogP contribution in [0.2, 0.25) is 0 Å². The number of carbonyl (C=O) groups is 2. The van der Waals surface area contributed by atoms with Crippen molar-refractivity contribution >= 4 is 17.6 Å². The monoisotopic (exact) mass is 383 g/mol. The number of esters is 2. The number of nitrogens with one attached hydrogen (secondary N) is 1. The Balaban J connectivity index is 1.53. The summed E-state index contributed by atoms with van der Waals surface area (Å²) in [4.78, 5) is 23.9. The molecule has 1 aliphatic heterocycles. The Bertz CT molecular complexity index is 853. The molecule has 0 atom stereocenters. The zero-order valence-electron chi connectivity index (χ0n) is 15.6. The van der Waals surface area contributed by atoms with Gasteiger partial charge in [0, 0.05) is 31.8 Å². The first kappa shape index (κ1) is 19.3. The summed E-state index contributed by atoms with van der Waals surface area (Å²) in [6.07, 6.45) is 1.26. The van der Waals surface area contributed by atoms with Crippen LogP contribution in [0.1, 0.15) is 13.8 Å². The molecule has 3 rings (SSSR count). The maximum Gasteiger partial charge on any atom is 0.350 e. The second kappa shape index (κ2) is 8.47. The maximum absolute atomic E-state index is 11.9. The number of rotatable bonds is 7. The van der Waals surface area contributed by atoms with Crippen molar-refractivity contribution in [1.29, 1.82) is 0 Å². The van der Waals surface area contributed by atoms with Crippen LogP contribution in [0.4, 0.5) is 5.69 Å². The van der Waals surface area contributed by atoms with Crippen molar-refractivity contribution in [2.45, 2.75) is 19.6 Å². The van der Waals surface area contributed by atoms with Gasteiger partial charge in [-0.05, 0) is 24.3 Å². The molecular weight excluding hydrogens is 362 g/mol. The summed E-state index contributed by atoms with van der Waals surface area (Å²) >= 11 is 0. The molecule has 0 aromatic heterocycles. The van der Waals surface area contributed by atoms with Gasteiger partial charge >= 0.3 is 11.9 Å². The van der Waals surface area contributed by atoms with Crippen LogP contribution in [0.25, 0.3) is 0 Å². The Hall–Kier alpha value is -3.48. The molecule has 0 unspecified atom stereocenters. The van der Waals surface area contributed by atoms with Crippen molar-refractivity contribution in [3.05, 3.63) is 66.4 Å². The van der Waals surface area contributed by atoms with Crippen LogP contribution in [0.15, 0.2) is 66.4 Å². The van der Waals surface area contributed by atoms with Gasteiger partial charge < -0.3 is 24.3 Å². The molecule has 1 saturated heterocycles. The first-order chi connectivity index (χ1) is 13.4. The summed E-state index contributed by atoms with van der Waals surface area (Å²) in [7, 11) is 0. The number of benzene rings is 2. The first-order valence-electron chi connectivity index (χ1n) is 8.77. The highest BCUT2D eigenvalue weighted by molar-refractivity contribution is 6.15. The van der Waals surface area contributed by atoms with Crippen LogP contribution < -0.4 is 14.8 Å². The quantitative estimate of drug-likeness (QED) is 0.340. The lowest BCUT2D eigenvalue weighted by Gasteiger charge is -2.29. The summed E-state index contributed by atoms with van der Waals surface area (Å²) in [6.45, 7) is 3.76. The van der Waals surface area contributed by atoms with Crippen LogP contribution in [0, 0.1) is 0 Å². The van der Waals surface area contributed by atoms with Gasteiger partial charge in [-0.2, -0.15) is 0 Å².